The molecule has 0 aliphatic carbocycles. The number of amides is 2. The number of piperidine rings is 1. The normalized spacial score (nSPS) is 16.3. The molecule has 4 aromatic rings. The molecule has 0 bridgehead atoms. The number of halogens is 2. The van der Waals surface area contributed by atoms with Crippen LogP contribution in [-0.4, -0.2) is 85.2 Å². The molecule has 6 rings (SSSR count). The summed E-state index contributed by atoms with van der Waals surface area (Å²) in [4.78, 5) is 33.8. The first kappa shape index (κ1) is 38.3. The van der Waals surface area contributed by atoms with E-state index in [1.807, 2.05) is 48.2 Å². The van der Waals surface area contributed by atoms with Crippen LogP contribution in [0.2, 0.25) is 5.02 Å². The molecule has 1 N–H and O–H groups in total. The first-order chi connectivity index (χ1) is 25.8. The summed E-state index contributed by atoms with van der Waals surface area (Å²) in [6, 6.07) is 28.4. The number of benzene rings is 4. The summed E-state index contributed by atoms with van der Waals surface area (Å²) in [6.45, 7) is 9.60. The van der Waals surface area contributed by atoms with Gasteiger partial charge in [-0.3, -0.25) is 9.69 Å². The molecule has 2 amide bonds. The molecule has 0 unspecified atom stereocenters. The molecule has 280 valence electrons. The first-order valence-electron chi connectivity index (χ1n) is 18.7. The number of rotatable bonds is 13. The molecule has 0 spiro atoms. The van der Waals surface area contributed by atoms with Crippen LogP contribution in [0.15, 0.2) is 91.0 Å². The Bertz CT molecular complexity index is 1830. The van der Waals surface area contributed by atoms with Gasteiger partial charge in [-0.05, 0) is 98.6 Å². The van der Waals surface area contributed by atoms with Crippen LogP contribution < -0.4 is 10.1 Å². The lowest BCUT2D eigenvalue weighted by atomic mass is 9.88. The fourth-order valence-electron chi connectivity index (χ4n) is 7.45. The zero-order valence-corrected chi connectivity index (χ0v) is 31.5. The summed E-state index contributed by atoms with van der Waals surface area (Å²) < 4.78 is 26.1. The fraction of sp³-hybridized carbons (Fsp3) is 0.395. The predicted octanol–water partition coefficient (Wildman–Crippen LogP) is 7.75. The second kappa shape index (κ2) is 18.5. The third-order valence-corrected chi connectivity index (χ3v) is 10.6. The summed E-state index contributed by atoms with van der Waals surface area (Å²) in [5, 5.41) is 3.70. The van der Waals surface area contributed by atoms with E-state index in [4.69, 9.17) is 21.1 Å². The van der Waals surface area contributed by atoms with Crippen LogP contribution in [0.5, 0.6) is 5.75 Å². The highest BCUT2D eigenvalue weighted by atomic mass is 35.5. The van der Waals surface area contributed by atoms with Crippen LogP contribution >= 0.6 is 11.6 Å². The van der Waals surface area contributed by atoms with Crippen LogP contribution in [0.1, 0.15) is 42.0 Å². The van der Waals surface area contributed by atoms with Crippen molar-refractivity contribution in [3.63, 3.8) is 0 Å². The van der Waals surface area contributed by atoms with E-state index in [1.54, 1.807) is 12.1 Å². The summed E-state index contributed by atoms with van der Waals surface area (Å²) in [7, 11) is 0. The number of nitrogens with one attached hydrogen (secondary N) is 1. The Kier molecular flexibility index (Phi) is 13.4. The number of aryl methyl sites for hydroxylation is 1. The van der Waals surface area contributed by atoms with Gasteiger partial charge >= 0.3 is 6.09 Å². The van der Waals surface area contributed by atoms with Crippen molar-refractivity contribution in [1.29, 1.82) is 0 Å². The van der Waals surface area contributed by atoms with Crippen molar-refractivity contribution in [2.75, 3.05) is 52.4 Å². The van der Waals surface area contributed by atoms with Crippen LogP contribution in [0, 0.1) is 18.7 Å². The molecule has 2 saturated heterocycles. The van der Waals surface area contributed by atoms with Crippen LogP contribution in [0.3, 0.4) is 0 Å². The van der Waals surface area contributed by atoms with Crippen molar-refractivity contribution in [2.24, 2.45) is 5.92 Å². The zero-order valence-electron chi connectivity index (χ0n) is 30.7. The van der Waals surface area contributed by atoms with Gasteiger partial charge in [0.25, 0.3) is 0 Å². The molecular weight excluding hydrogens is 691 g/mol. The Hall–Kier alpha value is -4.44. The van der Waals surface area contributed by atoms with Gasteiger partial charge in [-0.15, -0.1) is 0 Å². The molecule has 0 aromatic heterocycles. The quantitative estimate of drug-likeness (QED) is 0.151. The molecule has 2 fully saturated rings. The first-order valence-corrected chi connectivity index (χ1v) is 19.1. The van der Waals surface area contributed by atoms with Crippen LogP contribution in [0.25, 0.3) is 11.1 Å². The zero-order chi connectivity index (χ0) is 37.2. The molecule has 53 heavy (non-hydrogen) atoms. The number of hydrogen-bond donors (Lipinski definition) is 1. The topological polar surface area (TPSA) is 74.3 Å². The largest absolute Gasteiger partial charge is 0.493 e. The number of alkyl carbamates (subject to hydrolysis) is 1. The van der Waals surface area contributed by atoms with E-state index in [0.29, 0.717) is 50.6 Å². The minimum absolute atomic E-state index is 0.0396. The molecule has 2 aliphatic heterocycles. The molecule has 2 aliphatic rings. The second-order valence-corrected chi connectivity index (χ2v) is 14.5. The third-order valence-electron chi connectivity index (χ3n) is 10.4. The number of likely N-dealkylation sites (tertiary alicyclic amines) is 1. The van der Waals surface area contributed by atoms with Crippen molar-refractivity contribution in [3.05, 3.63) is 124 Å². The van der Waals surface area contributed by atoms with Gasteiger partial charge in [-0.1, -0.05) is 83.9 Å². The lowest BCUT2D eigenvalue weighted by molar-refractivity contribution is -0.137. The van der Waals surface area contributed by atoms with Gasteiger partial charge in [0.1, 0.15) is 24.2 Å². The SMILES string of the molecule is CCOc1cccc(F)c1CN1CCN(C(=O)[C@H](NC(=O)OCc2ccccc2)C2CCN(CCc3cc(Cl)ccc3-c3cccc(C)c3)CC2)CC1. The Balaban J connectivity index is 1.08. The van der Waals surface area contributed by atoms with Crippen molar-refractivity contribution in [2.45, 2.75) is 52.3 Å². The van der Waals surface area contributed by atoms with E-state index in [9.17, 15) is 14.0 Å². The molecule has 4 aromatic carbocycles. The highest BCUT2D eigenvalue weighted by Crippen LogP contribution is 2.30. The number of hydrogen-bond acceptors (Lipinski definition) is 6. The molecular formula is C43H50ClFN4O4. The van der Waals surface area contributed by atoms with Crippen molar-refractivity contribution in [1.82, 2.24) is 20.0 Å². The van der Waals surface area contributed by atoms with Gasteiger partial charge in [-0.2, -0.15) is 0 Å². The average Bonchev–Trinajstić information content (AvgIpc) is 3.17. The number of carbonyl (C=O) groups is 2. The Labute approximate surface area is 317 Å². The number of piperazine rings is 1. The van der Waals surface area contributed by atoms with Crippen molar-refractivity contribution >= 4 is 23.6 Å². The van der Waals surface area contributed by atoms with E-state index >= 15 is 0 Å². The van der Waals surface area contributed by atoms with E-state index in [0.717, 1.165) is 49.5 Å². The number of carbonyl (C=O) groups excluding carboxylic acids is 2. The Morgan fingerprint density at radius 1 is 0.887 bits per heavy atom. The predicted molar refractivity (Wildman–Crippen MR) is 207 cm³/mol. The molecule has 0 radical (unpaired) electrons. The smallest absolute Gasteiger partial charge is 0.408 e. The maximum absolute atomic E-state index is 14.8. The summed E-state index contributed by atoms with van der Waals surface area (Å²) in [5.41, 5.74) is 6.22. The standard InChI is InChI=1S/C43H50ClFN4O4/c1-3-52-40-14-8-13-39(45)38(40)29-48-23-25-49(26-24-48)42(50)41(46-43(51)53-30-32-10-5-4-6-11-32)33-17-20-47(21-18-33)22-19-35-28-36(44)15-16-37(35)34-12-7-9-31(2)27-34/h4-16,27-28,33,41H,3,17-26,29-30H2,1-2H3,(H,46,51)/t41-/m1/s1. The van der Waals surface area contributed by atoms with E-state index in [1.165, 1.54) is 28.3 Å². The lowest BCUT2D eigenvalue weighted by Crippen LogP contribution is -2.58. The van der Waals surface area contributed by atoms with Gasteiger partial charge in [0.2, 0.25) is 5.91 Å². The van der Waals surface area contributed by atoms with Gasteiger partial charge in [0.05, 0.1) is 6.61 Å². The van der Waals surface area contributed by atoms with Gasteiger partial charge in [0, 0.05) is 49.9 Å². The maximum atomic E-state index is 14.8. The average molecular weight is 741 g/mol. The molecule has 10 heteroatoms. The highest BCUT2D eigenvalue weighted by molar-refractivity contribution is 6.30. The number of ether oxygens (including phenoxy) is 2. The third kappa shape index (κ3) is 10.4. The van der Waals surface area contributed by atoms with Gasteiger partial charge < -0.3 is 24.6 Å². The Morgan fingerprint density at radius 2 is 1.64 bits per heavy atom. The van der Waals surface area contributed by atoms with Gasteiger partial charge in [-0.25, -0.2) is 9.18 Å². The number of nitrogens with zero attached hydrogens (tertiary/aromatic N) is 3. The summed E-state index contributed by atoms with van der Waals surface area (Å²) >= 11 is 6.45. The second-order valence-electron chi connectivity index (χ2n) is 14.0. The Morgan fingerprint density at radius 3 is 2.38 bits per heavy atom. The van der Waals surface area contributed by atoms with E-state index in [-0.39, 0.29) is 24.2 Å². The van der Waals surface area contributed by atoms with Crippen LogP contribution in [0.4, 0.5) is 9.18 Å². The molecule has 2 heterocycles. The van der Waals surface area contributed by atoms with E-state index in [2.05, 4.69) is 58.4 Å². The maximum Gasteiger partial charge on any atom is 0.408 e. The molecule has 8 nitrogen and oxygen atoms in total. The van der Waals surface area contributed by atoms with E-state index < -0.39 is 12.1 Å². The molecule has 1 atom stereocenters. The minimum Gasteiger partial charge on any atom is -0.493 e. The lowest BCUT2D eigenvalue weighted by Gasteiger charge is -2.40. The van der Waals surface area contributed by atoms with Crippen molar-refractivity contribution in [3.8, 4) is 16.9 Å². The highest BCUT2D eigenvalue weighted by Gasteiger charge is 2.37. The minimum atomic E-state index is -0.705. The van der Waals surface area contributed by atoms with Crippen LogP contribution in [-0.2, 0) is 29.1 Å². The fourth-order valence-corrected chi connectivity index (χ4v) is 7.65. The van der Waals surface area contributed by atoms with Gasteiger partial charge in [0.15, 0.2) is 0 Å². The summed E-state index contributed by atoms with van der Waals surface area (Å²) in [6.07, 6.45) is 1.79. The summed E-state index contributed by atoms with van der Waals surface area (Å²) in [5.74, 6) is 0.123. The molecule has 0 saturated carbocycles. The van der Waals surface area contributed by atoms with Crippen molar-refractivity contribution < 1.29 is 23.5 Å². The monoisotopic (exact) mass is 740 g/mol.